The van der Waals surface area contributed by atoms with Gasteiger partial charge in [-0.2, -0.15) is 0 Å². The second-order valence-corrected chi connectivity index (χ2v) is 7.58. The lowest BCUT2D eigenvalue weighted by atomic mass is 10.2. The second-order valence-electron chi connectivity index (χ2n) is 6.42. The minimum Gasteiger partial charge on any atom is -0.459 e. The van der Waals surface area contributed by atoms with Crippen LogP contribution in [0, 0.1) is 0 Å². The van der Waals surface area contributed by atoms with Gasteiger partial charge in [0.15, 0.2) is 11.7 Å². The zero-order valence-corrected chi connectivity index (χ0v) is 20.5. The van der Waals surface area contributed by atoms with E-state index >= 15 is 0 Å². The minimum atomic E-state index is -0.272. The first-order valence-electron chi connectivity index (χ1n) is 9.88. The number of thioether (sulfide) groups is 1. The Morgan fingerprint density at radius 2 is 1.87 bits per heavy atom. The molecule has 164 valence electrons. The van der Waals surface area contributed by atoms with Gasteiger partial charge in [-0.15, -0.1) is 35.7 Å². The van der Waals surface area contributed by atoms with Crippen LogP contribution >= 0.6 is 35.7 Å². The maximum atomic E-state index is 12.1. The van der Waals surface area contributed by atoms with Gasteiger partial charge in [-0.05, 0) is 48.9 Å². The van der Waals surface area contributed by atoms with Gasteiger partial charge in [-0.1, -0.05) is 30.3 Å². The standard InChI is InChI=1S/C23H26N4O2S.HI/c1-2-24-23(25-13-15-30-20-10-4-3-5-11-20)26-17-18-8-6-9-19(16-18)27-22(28)21-12-7-14-29-21;/h3-12,14,16H,2,13,15,17H2,1H3,(H,27,28)(H2,24,25,26);1H. The van der Waals surface area contributed by atoms with Crippen molar-refractivity contribution in [1.82, 2.24) is 10.6 Å². The number of guanidine groups is 1. The van der Waals surface area contributed by atoms with Crippen molar-refractivity contribution in [3.8, 4) is 0 Å². The maximum Gasteiger partial charge on any atom is 0.291 e. The fourth-order valence-electron chi connectivity index (χ4n) is 2.72. The summed E-state index contributed by atoms with van der Waals surface area (Å²) in [5.41, 5.74) is 1.71. The molecule has 0 spiro atoms. The second kappa shape index (κ2) is 13.8. The Hall–Kier alpha value is -2.46. The summed E-state index contributed by atoms with van der Waals surface area (Å²) < 4.78 is 5.13. The number of amides is 1. The van der Waals surface area contributed by atoms with E-state index in [2.05, 4.69) is 33.1 Å². The highest BCUT2D eigenvalue weighted by Crippen LogP contribution is 2.16. The van der Waals surface area contributed by atoms with Crippen molar-refractivity contribution in [1.29, 1.82) is 0 Å². The SMILES string of the molecule is CCNC(=NCc1cccc(NC(=O)c2ccco2)c1)NCCSc1ccccc1.I. The van der Waals surface area contributed by atoms with Gasteiger partial charge in [0.25, 0.3) is 5.91 Å². The Labute approximate surface area is 204 Å². The average molecular weight is 550 g/mol. The Morgan fingerprint density at radius 3 is 2.61 bits per heavy atom. The highest BCUT2D eigenvalue weighted by Gasteiger charge is 2.08. The smallest absolute Gasteiger partial charge is 0.291 e. The van der Waals surface area contributed by atoms with Crippen molar-refractivity contribution in [3.05, 3.63) is 84.3 Å². The number of hydrogen-bond acceptors (Lipinski definition) is 4. The zero-order chi connectivity index (χ0) is 21.0. The van der Waals surface area contributed by atoms with Gasteiger partial charge in [-0.3, -0.25) is 4.79 Å². The number of furan rings is 1. The fourth-order valence-corrected chi connectivity index (χ4v) is 3.50. The van der Waals surface area contributed by atoms with E-state index in [1.54, 1.807) is 12.1 Å². The van der Waals surface area contributed by atoms with E-state index in [-0.39, 0.29) is 35.6 Å². The third kappa shape index (κ3) is 8.66. The lowest BCUT2D eigenvalue weighted by Gasteiger charge is -2.11. The Balaban J connectivity index is 0.00000341. The monoisotopic (exact) mass is 550 g/mol. The summed E-state index contributed by atoms with van der Waals surface area (Å²) in [5, 5.41) is 9.47. The van der Waals surface area contributed by atoms with Crippen molar-refractivity contribution < 1.29 is 9.21 Å². The summed E-state index contributed by atoms with van der Waals surface area (Å²) in [6.07, 6.45) is 1.48. The molecule has 6 nitrogen and oxygen atoms in total. The molecule has 0 fully saturated rings. The maximum absolute atomic E-state index is 12.1. The van der Waals surface area contributed by atoms with E-state index in [0.29, 0.717) is 12.2 Å². The number of benzene rings is 2. The van der Waals surface area contributed by atoms with Crippen LogP contribution in [0.1, 0.15) is 23.0 Å². The van der Waals surface area contributed by atoms with Crippen molar-refractivity contribution >= 4 is 53.3 Å². The summed E-state index contributed by atoms with van der Waals surface area (Å²) in [6.45, 7) is 4.15. The first kappa shape index (κ1) is 24.8. The molecule has 0 saturated carbocycles. The number of carbonyl (C=O) groups excluding carboxylic acids is 1. The Morgan fingerprint density at radius 1 is 1.03 bits per heavy atom. The molecule has 1 amide bonds. The number of halogens is 1. The Bertz CT molecular complexity index is 949. The molecule has 0 bridgehead atoms. The fraction of sp³-hybridized carbons (Fsp3) is 0.217. The molecule has 1 aromatic heterocycles. The van der Waals surface area contributed by atoms with E-state index in [1.807, 2.05) is 61.2 Å². The molecule has 31 heavy (non-hydrogen) atoms. The predicted molar refractivity (Wildman–Crippen MR) is 139 cm³/mol. The van der Waals surface area contributed by atoms with Gasteiger partial charge < -0.3 is 20.4 Å². The van der Waals surface area contributed by atoms with E-state index < -0.39 is 0 Å². The van der Waals surface area contributed by atoms with Gasteiger partial charge in [0.1, 0.15) is 0 Å². The van der Waals surface area contributed by atoms with Gasteiger partial charge in [0.05, 0.1) is 12.8 Å². The summed E-state index contributed by atoms with van der Waals surface area (Å²) in [4.78, 5) is 18.0. The lowest BCUT2D eigenvalue weighted by Crippen LogP contribution is -2.38. The molecule has 8 heteroatoms. The third-order valence-electron chi connectivity index (χ3n) is 4.10. The zero-order valence-electron chi connectivity index (χ0n) is 17.3. The van der Waals surface area contributed by atoms with Crippen LogP contribution in [0.3, 0.4) is 0 Å². The van der Waals surface area contributed by atoms with Crippen LogP contribution in [0.25, 0.3) is 0 Å². The summed E-state index contributed by atoms with van der Waals surface area (Å²) >= 11 is 1.81. The summed E-state index contributed by atoms with van der Waals surface area (Å²) in [6, 6.07) is 21.3. The quantitative estimate of drug-likeness (QED) is 0.115. The molecule has 0 radical (unpaired) electrons. The molecule has 3 rings (SSSR count). The number of hydrogen-bond donors (Lipinski definition) is 3. The number of nitrogens with zero attached hydrogens (tertiary/aromatic N) is 1. The van der Waals surface area contributed by atoms with Crippen molar-refractivity contribution in [3.63, 3.8) is 0 Å². The molecule has 0 aliphatic rings. The number of anilines is 1. The largest absolute Gasteiger partial charge is 0.459 e. The summed E-state index contributed by atoms with van der Waals surface area (Å²) in [7, 11) is 0. The van der Waals surface area contributed by atoms with Crippen LogP contribution in [0.5, 0.6) is 0 Å². The molecule has 0 saturated heterocycles. The van der Waals surface area contributed by atoms with Gasteiger partial charge >= 0.3 is 0 Å². The number of rotatable bonds is 9. The van der Waals surface area contributed by atoms with Crippen LogP contribution in [0.2, 0.25) is 0 Å². The molecule has 3 N–H and O–H groups in total. The molecule has 1 heterocycles. The number of carbonyl (C=O) groups is 1. The topological polar surface area (TPSA) is 78.7 Å². The van der Waals surface area contributed by atoms with Gasteiger partial charge in [0.2, 0.25) is 0 Å². The number of aliphatic imine (C=N–C) groups is 1. The molecule has 3 aromatic rings. The molecule has 2 aromatic carbocycles. The van der Waals surface area contributed by atoms with Crippen LogP contribution in [0.15, 0.2) is 87.3 Å². The third-order valence-corrected chi connectivity index (χ3v) is 5.11. The molecule has 0 unspecified atom stereocenters. The van der Waals surface area contributed by atoms with Crippen molar-refractivity contribution in [2.75, 3.05) is 24.2 Å². The van der Waals surface area contributed by atoms with E-state index in [9.17, 15) is 4.79 Å². The first-order valence-corrected chi connectivity index (χ1v) is 10.9. The molecule has 0 aliphatic carbocycles. The van der Waals surface area contributed by atoms with Crippen LogP contribution in [-0.2, 0) is 6.54 Å². The predicted octanol–water partition coefficient (Wildman–Crippen LogP) is 5.00. The molecule has 0 aliphatic heterocycles. The van der Waals surface area contributed by atoms with E-state index in [1.165, 1.54) is 11.2 Å². The van der Waals surface area contributed by atoms with E-state index in [0.717, 1.165) is 30.4 Å². The van der Waals surface area contributed by atoms with Crippen molar-refractivity contribution in [2.45, 2.75) is 18.4 Å². The Kier molecular flexibility index (Phi) is 11.0. The average Bonchev–Trinajstić information content (AvgIpc) is 3.31. The van der Waals surface area contributed by atoms with E-state index in [4.69, 9.17) is 4.42 Å². The molecule has 0 atom stereocenters. The van der Waals surface area contributed by atoms with Gasteiger partial charge in [0, 0.05) is 29.4 Å². The number of nitrogens with one attached hydrogen (secondary N) is 3. The minimum absolute atomic E-state index is 0. The van der Waals surface area contributed by atoms with Crippen LogP contribution < -0.4 is 16.0 Å². The van der Waals surface area contributed by atoms with Crippen LogP contribution in [-0.4, -0.2) is 30.7 Å². The first-order chi connectivity index (χ1) is 14.7. The highest BCUT2D eigenvalue weighted by atomic mass is 127. The normalized spacial score (nSPS) is 10.8. The van der Waals surface area contributed by atoms with Gasteiger partial charge in [-0.25, -0.2) is 4.99 Å². The van der Waals surface area contributed by atoms with Crippen molar-refractivity contribution in [2.24, 2.45) is 4.99 Å². The highest BCUT2D eigenvalue weighted by molar-refractivity contribution is 14.0. The van der Waals surface area contributed by atoms with Crippen LogP contribution in [0.4, 0.5) is 5.69 Å². The summed E-state index contributed by atoms with van der Waals surface area (Å²) in [5.74, 6) is 1.73. The molecular formula is C23H27IN4O2S. The molecular weight excluding hydrogens is 523 g/mol. The lowest BCUT2D eigenvalue weighted by molar-refractivity contribution is 0.0996.